The molecule has 1 fully saturated rings. The minimum Gasteiger partial charge on any atom is -0.357 e. The molecule has 154 valence electrons. The fourth-order valence-corrected chi connectivity index (χ4v) is 5.35. The van der Waals surface area contributed by atoms with Gasteiger partial charge in [0, 0.05) is 39.2 Å². The monoisotopic (exact) mass is 461 g/mol. The Balaban J connectivity index is 1.47. The number of aromatic nitrogens is 1. The number of fused-ring (bicyclic) bond motifs is 3. The van der Waals surface area contributed by atoms with Crippen LogP contribution in [0.3, 0.4) is 0 Å². The van der Waals surface area contributed by atoms with E-state index in [9.17, 15) is 9.59 Å². The second kappa shape index (κ2) is 7.27. The largest absolute Gasteiger partial charge is 0.357 e. The van der Waals surface area contributed by atoms with Gasteiger partial charge in [0.1, 0.15) is 0 Å². The van der Waals surface area contributed by atoms with Crippen LogP contribution in [-0.2, 0) is 16.0 Å². The van der Waals surface area contributed by atoms with Crippen LogP contribution in [0.5, 0.6) is 0 Å². The summed E-state index contributed by atoms with van der Waals surface area (Å²) in [6.45, 7) is 2.74. The SMILES string of the molecule is CC1c2[nH]c3ccc(Cl)cc3c2CCN1C1CC(=O)N(c2ccc(Cl)cc2Cl)C1=O. The van der Waals surface area contributed by atoms with Gasteiger partial charge in [0.25, 0.3) is 5.91 Å². The molecule has 0 spiro atoms. The molecule has 1 saturated heterocycles. The van der Waals surface area contributed by atoms with Crippen LogP contribution < -0.4 is 4.90 Å². The summed E-state index contributed by atoms with van der Waals surface area (Å²) in [4.78, 5) is 32.8. The summed E-state index contributed by atoms with van der Waals surface area (Å²) in [6, 6.07) is 10.0. The number of carbonyl (C=O) groups is 2. The minimum absolute atomic E-state index is 0.0395. The smallest absolute Gasteiger partial charge is 0.251 e. The van der Waals surface area contributed by atoms with Gasteiger partial charge in [0.15, 0.2) is 0 Å². The van der Waals surface area contributed by atoms with E-state index < -0.39 is 6.04 Å². The zero-order valence-corrected chi connectivity index (χ0v) is 18.4. The van der Waals surface area contributed by atoms with Crippen molar-refractivity contribution >= 4 is 63.2 Å². The van der Waals surface area contributed by atoms with Crippen molar-refractivity contribution in [2.75, 3.05) is 11.4 Å². The molecule has 3 aromatic rings. The molecule has 0 bridgehead atoms. The summed E-state index contributed by atoms with van der Waals surface area (Å²) < 4.78 is 0. The van der Waals surface area contributed by atoms with Gasteiger partial charge >= 0.3 is 0 Å². The molecule has 2 unspecified atom stereocenters. The maximum Gasteiger partial charge on any atom is 0.251 e. The fourth-order valence-electron chi connectivity index (χ4n) is 4.68. The number of amides is 2. The van der Waals surface area contributed by atoms with Crippen LogP contribution in [0.2, 0.25) is 15.1 Å². The first-order valence-corrected chi connectivity index (χ1v) is 10.9. The lowest BCUT2D eigenvalue weighted by molar-refractivity contribution is -0.123. The number of aromatic amines is 1. The van der Waals surface area contributed by atoms with E-state index in [-0.39, 0.29) is 29.3 Å². The number of hydrogen-bond acceptors (Lipinski definition) is 3. The number of benzene rings is 2. The highest BCUT2D eigenvalue weighted by Gasteiger charge is 2.46. The molecule has 2 aromatic carbocycles. The van der Waals surface area contributed by atoms with E-state index in [4.69, 9.17) is 34.8 Å². The van der Waals surface area contributed by atoms with Crippen molar-refractivity contribution in [1.82, 2.24) is 9.88 Å². The van der Waals surface area contributed by atoms with Crippen molar-refractivity contribution in [3.05, 3.63) is 62.7 Å². The molecule has 0 saturated carbocycles. The Kier molecular flexibility index (Phi) is 4.82. The highest BCUT2D eigenvalue weighted by molar-refractivity contribution is 6.38. The van der Waals surface area contributed by atoms with Crippen LogP contribution >= 0.6 is 34.8 Å². The lowest BCUT2D eigenvalue weighted by atomic mass is 9.96. The predicted octanol–water partition coefficient (Wildman–Crippen LogP) is 5.38. The van der Waals surface area contributed by atoms with Crippen molar-refractivity contribution in [2.45, 2.75) is 31.8 Å². The molecule has 1 N–H and O–H groups in total. The van der Waals surface area contributed by atoms with Gasteiger partial charge in [-0.3, -0.25) is 14.5 Å². The van der Waals surface area contributed by atoms with Crippen LogP contribution in [0.15, 0.2) is 36.4 Å². The highest BCUT2D eigenvalue weighted by atomic mass is 35.5. The van der Waals surface area contributed by atoms with Crippen LogP contribution in [0, 0.1) is 0 Å². The number of rotatable bonds is 2. The Bertz CT molecular complexity index is 1210. The molecule has 5 nitrogen and oxygen atoms in total. The third kappa shape index (κ3) is 3.04. The summed E-state index contributed by atoms with van der Waals surface area (Å²) in [6.07, 6.45) is 0.906. The van der Waals surface area contributed by atoms with Crippen molar-refractivity contribution in [2.24, 2.45) is 0 Å². The zero-order chi connectivity index (χ0) is 21.2. The second-order valence-electron chi connectivity index (χ2n) is 7.75. The molecular weight excluding hydrogens is 445 g/mol. The van der Waals surface area contributed by atoms with Crippen LogP contribution in [0.1, 0.15) is 30.6 Å². The third-order valence-corrected chi connectivity index (χ3v) is 6.88. The maximum absolute atomic E-state index is 13.3. The van der Waals surface area contributed by atoms with Gasteiger partial charge in [-0.1, -0.05) is 34.8 Å². The molecule has 3 heterocycles. The number of H-pyrrole nitrogens is 1. The van der Waals surface area contributed by atoms with Gasteiger partial charge < -0.3 is 4.98 Å². The standard InChI is InChI=1S/C22H18Cl3N3O2/c1-11-21-14(15-8-12(23)2-4-17(15)26-21)6-7-27(11)19-10-20(29)28(22(19)30)18-5-3-13(24)9-16(18)25/h2-5,8-9,11,19,26H,6-7,10H2,1H3. The molecule has 2 aliphatic rings. The second-order valence-corrected chi connectivity index (χ2v) is 9.03. The summed E-state index contributed by atoms with van der Waals surface area (Å²) in [5, 5.41) is 2.56. The lowest BCUT2D eigenvalue weighted by Crippen LogP contribution is -2.46. The first kappa shape index (κ1) is 19.9. The van der Waals surface area contributed by atoms with E-state index >= 15 is 0 Å². The van der Waals surface area contributed by atoms with Crippen molar-refractivity contribution in [3.63, 3.8) is 0 Å². The highest BCUT2D eigenvalue weighted by Crippen LogP contribution is 2.39. The van der Waals surface area contributed by atoms with Gasteiger partial charge in [0.2, 0.25) is 5.91 Å². The summed E-state index contributed by atoms with van der Waals surface area (Å²) in [5.74, 6) is -0.505. The van der Waals surface area contributed by atoms with Gasteiger partial charge in [-0.25, -0.2) is 4.90 Å². The molecule has 2 amide bonds. The molecule has 1 aromatic heterocycles. The quantitative estimate of drug-likeness (QED) is 0.520. The molecule has 0 aliphatic carbocycles. The Labute approximate surface area is 188 Å². The predicted molar refractivity (Wildman–Crippen MR) is 119 cm³/mol. The number of hydrogen-bond donors (Lipinski definition) is 1. The zero-order valence-electron chi connectivity index (χ0n) is 16.1. The fraction of sp³-hybridized carbons (Fsp3) is 0.273. The summed E-state index contributed by atoms with van der Waals surface area (Å²) >= 11 is 18.4. The summed E-state index contributed by atoms with van der Waals surface area (Å²) in [5.41, 5.74) is 3.71. The first-order chi connectivity index (χ1) is 14.3. The van der Waals surface area contributed by atoms with Crippen molar-refractivity contribution < 1.29 is 9.59 Å². The van der Waals surface area contributed by atoms with Crippen molar-refractivity contribution in [3.8, 4) is 0 Å². The number of halogens is 3. The minimum atomic E-state index is -0.526. The molecule has 30 heavy (non-hydrogen) atoms. The van der Waals surface area contributed by atoms with Crippen molar-refractivity contribution in [1.29, 1.82) is 0 Å². The first-order valence-electron chi connectivity index (χ1n) is 9.72. The maximum atomic E-state index is 13.3. The van der Waals surface area contributed by atoms with E-state index in [2.05, 4.69) is 16.8 Å². The Morgan fingerprint density at radius 1 is 1.03 bits per heavy atom. The molecule has 2 aliphatic heterocycles. The number of anilines is 1. The van der Waals surface area contributed by atoms with Gasteiger partial charge in [0.05, 0.1) is 23.2 Å². The van der Waals surface area contributed by atoms with Gasteiger partial charge in [-0.2, -0.15) is 0 Å². The summed E-state index contributed by atoms with van der Waals surface area (Å²) in [7, 11) is 0. The normalized spacial score (nSPS) is 22.2. The topological polar surface area (TPSA) is 56.4 Å². The van der Waals surface area contributed by atoms with Crippen LogP contribution in [0.4, 0.5) is 5.69 Å². The van der Waals surface area contributed by atoms with Gasteiger partial charge in [-0.15, -0.1) is 0 Å². The lowest BCUT2D eigenvalue weighted by Gasteiger charge is -2.36. The number of nitrogens with zero attached hydrogens (tertiary/aromatic N) is 2. The van der Waals surface area contributed by atoms with E-state index in [0.29, 0.717) is 22.3 Å². The Morgan fingerprint density at radius 3 is 2.53 bits per heavy atom. The third-order valence-electron chi connectivity index (χ3n) is 6.11. The molecule has 8 heteroatoms. The molecule has 5 rings (SSSR count). The molecule has 0 radical (unpaired) electrons. The van der Waals surface area contributed by atoms with Crippen LogP contribution in [0.25, 0.3) is 10.9 Å². The number of imide groups is 1. The molecular formula is C22H18Cl3N3O2. The molecule has 2 atom stereocenters. The number of carbonyl (C=O) groups excluding carboxylic acids is 2. The number of nitrogens with one attached hydrogen (secondary N) is 1. The van der Waals surface area contributed by atoms with E-state index in [0.717, 1.165) is 23.0 Å². The van der Waals surface area contributed by atoms with E-state index in [1.54, 1.807) is 12.1 Å². The average molecular weight is 463 g/mol. The average Bonchev–Trinajstić information content (AvgIpc) is 3.20. The van der Waals surface area contributed by atoms with Crippen LogP contribution in [-0.4, -0.2) is 34.3 Å². The Hall–Kier alpha value is -2.05. The van der Waals surface area contributed by atoms with Gasteiger partial charge in [-0.05, 0) is 55.3 Å². The van der Waals surface area contributed by atoms with E-state index in [1.165, 1.54) is 16.5 Å². The van der Waals surface area contributed by atoms with E-state index in [1.807, 2.05) is 18.2 Å². The Morgan fingerprint density at radius 2 is 1.77 bits per heavy atom.